The first-order chi connectivity index (χ1) is 7.11. The molecule has 0 saturated heterocycles. The van der Waals surface area contributed by atoms with Crippen LogP contribution in [0.2, 0.25) is 0 Å². The lowest BCUT2D eigenvalue weighted by atomic mass is 10.0. The Morgan fingerprint density at radius 3 is 3.00 bits per heavy atom. The van der Waals surface area contributed by atoms with Crippen molar-refractivity contribution in [2.45, 2.75) is 39.5 Å². The molecule has 1 rings (SSSR count). The summed E-state index contributed by atoms with van der Waals surface area (Å²) in [5.74, 6) is 0.534. The third-order valence-electron chi connectivity index (χ3n) is 2.78. The average molecular weight is 208 g/mol. The molecule has 1 aliphatic carbocycles. The highest BCUT2D eigenvalue weighted by Gasteiger charge is 2.09. The molecular weight excluding hydrogens is 188 g/mol. The van der Waals surface area contributed by atoms with Crippen LogP contribution >= 0.6 is 0 Å². The van der Waals surface area contributed by atoms with Gasteiger partial charge >= 0.3 is 5.97 Å². The zero-order chi connectivity index (χ0) is 11.3. The van der Waals surface area contributed by atoms with E-state index in [9.17, 15) is 4.79 Å². The molecule has 0 aliphatic heterocycles. The molecule has 1 unspecified atom stereocenters. The highest BCUT2D eigenvalue weighted by Crippen LogP contribution is 2.24. The van der Waals surface area contributed by atoms with Crippen LogP contribution in [0.4, 0.5) is 0 Å². The molecule has 0 aromatic rings. The lowest BCUT2D eigenvalue weighted by Gasteiger charge is -2.06. The summed E-state index contributed by atoms with van der Waals surface area (Å²) in [6, 6.07) is 0. The van der Waals surface area contributed by atoms with E-state index in [2.05, 4.69) is 30.7 Å². The maximum atomic E-state index is 11.0. The van der Waals surface area contributed by atoms with Gasteiger partial charge in [0.15, 0.2) is 0 Å². The van der Waals surface area contributed by atoms with Gasteiger partial charge in [-0.15, -0.1) is 0 Å². The molecule has 2 heteroatoms. The summed E-state index contributed by atoms with van der Waals surface area (Å²) in [4.78, 5) is 11.0. The quantitative estimate of drug-likeness (QED) is 0.665. The predicted molar refractivity (Wildman–Crippen MR) is 61.5 cm³/mol. The van der Waals surface area contributed by atoms with Crippen molar-refractivity contribution in [1.29, 1.82) is 0 Å². The van der Waals surface area contributed by atoms with Gasteiger partial charge in [-0.1, -0.05) is 30.2 Å². The molecule has 0 aromatic heterocycles. The monoisotopic (exact) mass is 208 g/mol. The van der Waals surface area contributed by atoms with Crippen LogP contribution < -0.4 is 0 Å². The second-order valence-electron chi connectivity index (χ2n) is 4.31. The van der Waals surface area contributed by atoms with Crippen molar-refractivity contribution in [3.05, 3.63) is 23.3 Å². The number of allylic oxidation sites excluding steroid dienone is 4. The van der Waals surface area contributed by atoms with Crippen LogP contribution in [0.5, 0.6) is 0 Å². The van der Waals surface area contributed by atoms with Gasteiger partial charge in [0.2, 0.25) is 0 Å². The van der Waals surface area contributed by atoms with Crippen LogP contribution in [0.3, 0.4) is 0 Å². The van der Waals surface area contributed by atoms with Crippen LogP contribution in [-0.4, -0.2) is 13.1 Å². The summed E-state index contributed by atoms with van der Waals surface area (Å²) in [6.45, 7) is 4.36. The van der Waals surface area contributed by atoms with Gasteiger partial charge < -0.3 is 4.74 Å². The first-order valence-electron chi connectivity index (χ1n) is 5.56. The minimum absolute atomic E-state index is 0.116. The van der Waals surface area contributed by atoms with Gasteiger partial charge in [0, 0.05) is 6.42 Å². The third kappa shape index (κ3) is 4.32. The topological polar surface area (TPSA) is 26.3 Å². The minimum Gasteiger partial charge on any atom is -0.469 e. The van der Waals surface area contributed by atoms with E-state index in [1.807, 2.05) is 0 Å². The average Bonchev–Trinajstić information content (AvgIpc) is 2.36. The fourth-order valence-corrected chi connectivity index (χ4v) is 1.95. The van der Waals surface area contributed by atoms with Crippen LogP contribution in [0.15, 0.2) is 23.3 Å². The number of hydrogen-bond acceptors (Lipinski definition) is 2. The molecule has 2 nitrogen and oxygen atoms in total. The summed E-state index contributed by atoms with van der Waals surface area (Å²) in [7, 11) is 1.44. The van der Waals surface area contributed by atoms with E-state index in [1.165, 1.54) is 24.7 Å². The van der Waals surface area contributed by atoms with Crippen LogP contribution in [-0.2, 0) is 9.53 Å². The zero-order valence-corrected chi connectivity index (χ0v) is 9.88. The van der Waals surface area contributed by atoms with E-state index in [1.54, 1.807) is 0 Å². The molecule has 0 radical (unpaired) electrons. The van der Waals surface area contributed by atoms with Crippen LogP contribution in [0.25, 0.3) is 0 Å². The predicted octanol–water partition coefficient (Wildman–Crippen LogP) is 3.24. The number of carbonyl (C=O) groups is 1. The number of rotatable bonds is 3. The molecule has 0 spiro atoms. The number of hydrogen-bond donors (Lipinski definition) is 0. The van der Waals surface area contributed by atoms with Gasteiger partial charge in [-0.3, -0.25) is 4.79 Å². The molecule has 0 fully saturated rings. The normalized spacial score (nSPS) is 21.4. The van der Waals surface area contributed by atoms with E-state index in [4.69, 9.17) is 0 Å². The van der Waals surface area contributed by atoms with E-state index in [-0.39, 0.29) is 5.97 Å². The highest BCUT2D eigenvalue weighted by atomic mass is 16.5. The standard InChI is InChI=1S/C13H20O2/c1-10-4-5-12(9-11(2)8-10)6-7-13(14)15-3/h8-10H,4-7H2,1-3H3. The van der Waals surface area contributed by atoms with Gasteiger partial charge in [-0.25, -0.2) is 0 Å². The second kappa shape index (κ2) is 5.74. The maximum absolute atomic E-state index is 11.0. The Labute approximate surface area is 92.0 Å². The summed E-state index contributed by atoms with van der Waals surface area (Å²) in [5, 5.41) is 0. The van der Waals surface area contributed by atoms with Gasteiger partial charge in [0.05, 0.1) is 7.11 Å². The number of carbonyl (C=O) groups excluding carboxylic acids is 1. The van der Waals surface area contributed by atoms with E-state index < -0.39 is 0 Å². The molecule has 0 heterocycles. The Morgan fingerprint density at radius 2 is 2.33 bits per heavy atom. The van der Waals surface area contributed by atoms with Crippen molar-refractivity contribution in [3.8, 4) is 0 Å². The summed E-state index contributed by atoms with van der Waals surface area (Å²) in [6.07, 6.45) is 8.14. The van der Waals surface area contributed by atoms with E-state index in [0.29, 0.717) is 12.3 Å². The Morgan fingerprint density at radius 1 is 1.60 bits per heavy atom. The lowest BCUT2D eigenvalue weighted by molar-refractivity contribution is -0.140. The van der Waals surface area contributed by atoms with Crippen molar-refractivity contribution in [2.75, 3.05) is 7.11 Å². The Kier molecular flexibility index (Phi) is 4.60. The van der Waals surface area contributed by atoms with Gasteiger partial charge in [-0.05, 0) is 32.1 Å². The summed E-state index contributed by atoms with van der Waals surface area (Å²) >= 11 is 0. The zero-order valence-electron chi connectivity index (χ0n) is 9.88. The molecule has 15 heavy (non-hydrogen) atoms. The SMILES string of the molecule is COC(=O)CCC1=CC(C)=CC(C)CC1. The highest BCUT2D eigenvalue weighted by molar-refractivity contribution is 5.69. The Bertz CT molecular complexity index is 287. The fourth-order valence-electron chi connectivity index (χ4n) is 1.95. The second-order valence-corrected chi connectivity index (χ2v) is 4.31. The number of ether oxygens (including phenoxy) is 1. The van der Waals surface area contributed by atoms with Gasteiger partial charge in [-0.2, -0.15) is 0 Å². The third-order valence-corrected chi connectivity index (χ3v) is 2.78. The van der Waals surface area contributed by atoms with Crippen molar-refractivity contribution in [3.63, 3.8) is 0 Å². The first kappa shape index (κ1) is 12.0. The molecule has 0 aromatic carbocycles. The first-order valence-corrected chi connectivity index (χ1v) is 5.56. The Hall–Kier alpha value is -1.05. The fraction of sp³-hybridized carbons (Fsp3) is 0.615. The maximum Gasteiger partial charge on any atom is 0.305 e. The molecule has 0 amide bonds. The van der Waals surface area contributed by atoms with Crippen molar-refractivity contribution in [1.82, 2.24) is 0 Å². The lowest BCUT2D eigenvalue weighted by Crippen LogP contribution is -2.00. The minimum atomic E-state index is -0.116. The Balaban J connectivity index is 2.49. The van der Waals surface area contributed by atoms with Gasteiger partial charge in [0.25, 0.3) is 0 Å². The summed E-state index contributed by atoms with van der Waals surface area (Å²) < 4.78 is 4.64. The number of methoxy groups -OCH3 is 1. The molecule has 0 bridgehead atoms. The number of esters is 1. The van der Waals surface area contributed by atoms with Crippen molar-refractivity contribution < 1.29 is 9.53 Å². The van der Waals surface area contributed by atoms with E-state index in [0.717, 1.165) is 12.8 Å². The molecule has 0 N–H and O–H groups in total. The molecule has 84 valence electrons. The summed E-state index contributed by atoms with van der Waals surface area (Å²) in [5.41, 5.74) is 2.69. The smallest absolute Gasteiger partial charge is 0.305 e. The molecule has 0 saturated carbocycles. The van der Waals surface area contributed by atoms with Crippen molar-refractivity contribution >= 4 is 5.97 Å². The van der Waals surface area contributed by atoms with Crippen molar-refractivity contribution in [2.24, 2.45) is 5.92 Å². The molecule has 1 aliphatic rings. The molecule has 1 atom stereocenters. The molecular formula is C13H20O2. The van der Waals surface area contributed by atoms with Crippen LogP contribution in [0, 0.1) is 5.92 Å². The van der Waals surface area contributed by atoms with E-state index >= 15 is 0 Å². The van der Waals surface area contributed by atoms with Gasteiger partial charge in [0.1, 0.15) is 0 Å². The van der Waals surface area contributed by atoms with Crippen LogP contribution in [0.1, 0.15) is 39.5 Å². The largest absolute Gasteiger partial charge is 0.469 e.